The van der Waals surface area contributed by atoms with E-state index in [0.717, 1.165) is 10.5 Å². The molecule has 0 aliphatic rings. The Morgan fingerprint density at radius 3 is 2.22 bits per heavy atom. The minimum atomic E-state index is 0.0331. The second-order valence-corrected chi connectivity index (χ2v) is 5.01. The van der Waals surface area contributed by atoms with Crippen LogP contribution in [0.4, 0.5) is 5.69 Å². The lowest BCUT2D eigenvalue weighted by Gasteiger charge is -2.05. The minimum absolute atomic E-state index is 0.0331. The molecular weight excluding hydrogens is 242 g/mol. The first-order valence-electron chi connectivity index (χ1n) is 5.66. The van der Waals surface area contributed by atoms with Crippen LogP contribution in [0.3, 0.4) is 0 Å². The highest BCUT2D eigenvalue weighted by atomic mass is 32.2. The van der Waals surface area contributed by atoms with E-state index in [2.05, 4.69) is 0 Å². The largest absolute Gasteiger partial charge is 0.399 e. The summed E-state index contributed by atoms with van der Waals surface area (Å²) in [6.07, 6.45) is 2.01. The van der Waals surface area contributed by atoms with Crippen LogP contribution in [0.5, 0.6) is 0 Å². The molecule has 3 heteroatoms. The third kappa shape index (κ3) is 2.57. The number of rotatable bonds is 3. The average Bonchev–Trinajstić information content (AvgIpc) is 2.41. The Hall–Kier alpha value is -1.74. The van der Waals surface area contributed by atoms with Gasteiger partial charge < -0.3 is 5.73 Å². The van der Waals surface area contributed by atoms with Crippen molar-refractivity contribution in [2.45, 2.75) is 11.8 Å². The van der Waals surface area contributed by atoms with Gasteiger partial charge in [-0.15, -0.1) is 11.8 Å². The van der Waals surface area contributed by atoms with E-state index in [-0.39, 0.29) is 5.78 Å². The van der Waals surface area contributed by atoms with Crippen molar-refractivity contribution in [3.05, 3.63) is 59.2 Å². The molecule has 0 aliphatic carbocycles. The van der Waals surface area contributed by atoms with E-state index >= 15 is 0 Å². The van der Waals surface area contributed by atoms with E-state index in [0.29, 0.717) is 16.8 Å². The van der Waals surface area contributed by atoms with Crippen LogP contribution in [0, 0.1) is 6.92 Å². The molecule has 2 aromatic carbocycles. The van der Waals surface area contributed by atoms with Crippen molar-refractivity contribution < 1.29 is 4.79 Å². The summed E-state index contributed by atoms with van der Waals surface area (Å²) in [5.41, 5.74) is 8.78. The third-order valence-corrected chi connectivity index (χ3v) is 3.63. The van der Waals surface area contributed by atoms with Crippen LogP contribution in [0.2, 0.25) is 0 Å². The van der Waals surface area contributed by atoms with Gasteiger partial charge in [0.25, 0.3) is 0 Å². The predicted molar refractivity (Wildman–Crippen MR) is 77.2 cm³/mol. The Bertz CT molecular complexity index is 576. The lowest BCUT2D eigenvalue weighted by atomic mass is 10.0. The lowest BCUT2D eigenvalue weighted by Crippen LogP contribution is -2.02. The number of nitrogen functional groups attached to an aromatic ring is 1. The number of thioether (sulfide) groups is 1. The molecule has 0 spiro atoms. The zero-order valence-electron chi connectivity index (χ0n) is 10.4. The number of carbonyl (C=O) groups is 1. The molecule has 0 aliphatic heterocycles. The van der Waals surface area contributed by atoms with Gasteiger partial charge in [0.1, 0.15) is 0 Å². The van der Waals surface area contributed by atoms with Crippen LogP contribution in [-0.4, -0.2) is 12.0 Å². The summed E-state index contributed by atoms with van der Waals surface area (Å²) in [5, 5.41) is 0. The number of carbonyl (C=O) groups excluding carboxylic acids is 1. The molecule has 0 bridgehead atoms. The molecule has 18 heavy (non-hydrogen) atoms. The highest BCUT2D eigenvalue weighted by Crippen LogP contribution is 2.19. The summed E-state index contributed by atoms with van der Waals surface area (Å²) in [4.78, 5) is 13.4. The van der Waals surface area contributed by atoms with Crippen LogP contribution >= 0.6 is 11.8 Å². The molecule has 92 valence electrons. The summed E-state index contributed by atoms with van der Waals surface area (Å²) in [7, 11) is 0. The summed E-state index contributed by atoms with van der Waals surface area (Å²) in [6.45, 7) is 1.91. The number of ketones is 1. The first-order chi connectivity index (χ1) is 8.61. The molecule has 0 atom stereocenters. The Morgan fingerprint density at radius 1 is 1.06 bits per heavy atom. The molecule has 0 fully saturated rings. The molecule has 0 saturated heterocycles. The van der Waals surface area contributed by atoms with Crippen molar-refractivity contribution in [1.29, 1.82) is 0 Å². The van der Waals surface area contributed by atoms with Gasteiger partial charge in [-0.3, -0.25) is 4.79 Å². The first kappa shape index (κ1) is 12.7. The third-order valence-electron chi connectivity index (χ3n) is 2.88. The zero-order chi connectivity index (χ0) is 13.1. The number of anilines is 1. The Morgan fingerprint density at radius 2 is 1.67 bits per heavy atom. The Balaban J connectivity index is 2.32. The summed E-state index contributed by atoms with van der Waals surface area (Å²) in [5.74, 6) is 0.0331. The minimum Gasteiger partial charge on any atom is -0.399 e. The maximum Gasteiger partial charge on any atom is 0.193 e. The van der Waals surface area contributed by atoms with Gasteiger partial charge in [-0.25, -0.2) is 0 Å². The number of benzene rings is 2. The van der Waals surface area contributed by atoms with Crippen molar-refractivity contribution in [3.63, 3.8) is 0 Å². The Labute approximate surface area is 111 Å². The van der Waals surface area contributed by atoms with E-state index in [1.165, 1.54) is 0 Å². The van der Waals surface area contributed by atoms with Crippen LogP contribution in [0.1, 0.15) is 21.5 Å². The molecule has 0 radical (unpaired) electrons. The van der Waals surface area contributed by atoms with Crippen molar-refractivity contribution >= 4 is 23.2 Å². The Kier molecular flexibility index (Phi) is 3.72. The maximum absolute atomic E-state index is 12.3. The monoisotopic (exact) mass is 257 g/mol. The summed E-state index contributed by atoms with van der Waals surface area (Å²) in [6, 6.07) is 13.0. The average molecular weight is 257 g/mol. The quantitative estimate of drug-likeness (QED) is 0.519. The molecule has 0 unspecified atom stereocenters. The standard InChI is InChI=1S/C15H15NOS/c1-10-9-12(5-8-14(10)16)15(17)11-3-6-13(18-2)7-4-11/h3-9H,16H2,1-2H3. The molecule has 0 aromatic heterocycles. The molecule has 0 saturated carbocycles. The number of hydrogen-bond donors (Lipinski definition) is 1. The highest BCUT2D eigenvalue weighted by molar-refractivity contribution is 7.98. The first-order valence-corrected chi connectivity index (χ1v) is 6.89. The molecule has 0 heterocycles. The van der Waals surface area contributed by atoms with E-state index in [1.807, 2.05) is 43.5 Å². The predicted octanol–water partition coefficient (Wildman–Crippen LogP) is 3.53. The molecule has 2 nitrogen and oxygen atoms in total. The fourth-order valence-corrected chi connectivity index (χ4v) is 2.13. The second kappa shape index (κ2) is 5.27. The van der Waals surface area contributed by atoms with Gasteiger partial charge in [0.15, 0.2) is 5.78 Å². The fraction of sp³-hybridized carbons (Fsp3) is 0.133. The van der Waals surface area contributed by atoms with Crippen molar-refractivity contribution in [1.82, 2.24) is 0 Å². The van der Waals surface area contributed by atoms with E-state index in [1.54, 1.807) is 23.9 Å². The van der Waals surface area contributed by atoms with Crippen LogP contribution < -0.4 is 5.73 Å². The number of hydrogen-bond acceptors (Lipinski definition) is 3. The van der Waals surface area contributed by atoms with E-state index in [4.69, 9.17) is 5.73 Å². The zero-order valence-corrected chi connectivity index (χ0v) is 11.3. The van der Waals surface area contributed by atoms with E-state index in [9.17, 15) is 4.79 Å². The topological polar surface area (TPSA) is 43.1 Å². The second-order valence-electron chi connectivity index (χ2n) is 4.13. The molecule has 0 amide bonds. The lowest BCUT2D eigenvalue weighted by molar-refractivity contribution is 0.103. The molecule has 2 rings (SSSR count). The fourth-order valence-electron chi connectivity index (χ4n) is 1.73. The number of nitrogens with two attached hydrogens (primary N) is 1. The SMILES string of the molecule is CSc1ccc(C(=O)c2ccc(N)c(C)c2)cc1. The van der Waals surface area contributed by atoms with Gasteiger partial charge in [0.05, 0.1) is 0 Å². The summed E-state index contributed by atoms with van der Waals surface area (Å²) >= 11 is 1.66. The maximum atomic E-state index is 12.3. The van der Waals surface area contributed by atoms with Crippen molar-refractivity contribution in [2.24, 2.45) is 0 Å². The highest BCUT2D eigenvalue weighted by Gasteiger charge is 2.09. The van der Waals surface area contributed by atoms with Gasteiger partial charge >= 0.3 is 0 Å². The molecule has 2 N–H and O–H groups in total. The smallest absolute Gasteiger partial charge is 0.193 e. The summed E-state index contributed by atoms with van der Waals surface area (Å²) < 4.78 is 0. The molecular formula is C15H15NOS. The van der Waals surface area contributed by atoms with Crippen LogP contribution in [0.25, 0.3) is 0 Å². The van der Waals surface area contributed by atoms with Gasteiger partial charge in [0, 0.05) is 21.7 Å². The van der Waals surface area contributed by atoms with Gasteiger partial charge in [-0.05, 0) is 61.2 Å². The molecule has 2 aromatic rings. The van der Waals surface area contributed by atoms with Crippen LogP contribution in [-0.2, 0) is 0 Å². The normalized spacial score (nSPS) is 10.3. The van der Waals surface area contributed by atoms with Crippen molar-refractivity contribution in [3.8, 4) is 0 Å². The van der Waals surface area contributed by atoms with Gasteiger partial charge in [-0.2, -0.15) is 0 Å². The van der Waals surface area contributed by atoms with E-state index < -0.39 is 0 Å². The van der Waals surface area contributed by atoms with Crippen molar-refractivity contribution in [2.75, 3.05) is 12.0 Å². The van der Waals surface area contributed by atoms with Gasteiger partial charge in [-0.1, -0.05) is 0 Å². The number of aryl methyl sites for hydroxylation is 1. The van der Waals surface area contributed by atoms with Crippen LogP contribution in [0.15, 0.2) is 47.4 Å². The van der Waals surface area contributed by atoms with Gasteiger partial charge in [0.2, 0.25) is 0 Å².